The maximum Gasteiger partial charge on any atom is 0.412 e. The standard InChI is InChI=1S/C40H44N6O6/c41-28-11-13-29(14-12-28)46(40(51)52)33-21-25(9-15-30(33)27-6-2-1-3-7-27)5-4-8-37(49)44-36-19-10-26(23-43-36)22-42-24-35(48)31-16-18-34(47)39-32(31)17-20-38(50)45-39/h1-3,6-7,9-10,15-21,23,28-29,35,42,47-48H,4-5,8,11-14,22,24,41H2,(H,45,50)(H,51,52)(H,43,44,49)/t28-,29-,35-/m0/s1. The molecule has 2 heterocycles. The van der Waals surface area contributed by atoms with E-state index in [9.17, 15) is 29.7 Å². The number of aryl methyl sites for hydroxylation is 1. The lowest BCUT2D eigenvalue weighted by Gasteiger charge is -2.35. The number of rotatable bonds is 13. The molecule has 12 heteroatoms. The van der Waals surface area contributed by atoms with Gasteiger partial charge in [0.25, 0.3) is 0 Å². The normalized spacial score (nSPS) is 16.3. The lowest BCUT2D eigenvalue weighted by Crippen LogP contribution is -2.44. The first-order chi connectivity index (χ1) is 25.2. The average molecular weight is 705 g/mol. The number of phenolic OH excluding ortho intramolecular Hbond substituents is 1. The number of nitrogens with two attached hydrogens (primary N) is 1. The quantitative estimate of drug-likeness (QED) is 0.0789. The molecule has 0 aliphatic heterocycles. The Bertz CT molecular complexity index is 2060. The van der Waals surface area contributed by atoms with Gasteiger partial charge in [-0.15, -0.1) is 0 Å². The third-order valence-electron chi connectivity index (χ3n) is 9.61. The highest BCUT2D eigenvalue weighted by Gasteiger charge is 2.30. The molecule has 1 aliphatic carbocycles. The summed E-state index contributed by atoms with van der Waals surface area (Å²) in [5.74, 6) is 0.191. The maximum atomic E-state index is 12.8. The predicted molar refractivity (Wildman–Crippen MR) is 201 cm³/mol. The van der Waals surface area contributed by atoms with E-state index in [0.717, 1.165) is 35.1 Å². The van der Waals surface area contributed by atoms with Gasteiger partial charge in [-0.1, -0.05) is 54.6 Å². The minimum Gasteiger partial charge on any atom is -0.506 e. The molecule has 2 aromatic heterocycles. The number of amides is 2. The summed E-state index contributed by atoms with van der Waals surface area (Å²) in [5, 5.41) is 37.9. The largest absolute Gasteiger partial charge is 0.506 e. The number of hydrogen-bond donors (Lipinski definition) is 7. The highest BCUT2D eigenvalue weighted by atomic mass is 16.4. The number of aromatic hydroxyl groups is 1. The molecule has 0 radical (unpaired) electrons. The van der Waals surface area contributed by atoms with Crippen LogP contribution in [0.25, 0.3) is 22.0 Å². The summed E-state index contributed by atoms with van der Waals surface area (Å²) in [6.45, 7) is 0.640. The second-order valence-corrected chi connectivity index (χ2v) is 13.3. The SMILES string of the molecule is N[C@H]1CC[C@H](N(C(=O)O)c2cc(CCCC(=O)Nc3ccc(CNC[C@H](O)c4ccc(O)c5[nH]c(=O)ccc45)cn3)ccc2-c2ccccc2)CC1. The van der Waals surface area contributed by atoms with Crippen LogP contribution in [0.3, 0.4) is 0 Å². The molecule has 0 saturated heterocycles. The van der Waals surface area contributed by atoms with Gasteiger partial charge in [0.2, 0.25) is 11.5 Å². The Balaban J connectivity index is 1.02. The summed E-state index contributed by atoms with van der Waals surface area (Å²) in [7, 11) is 0. The number of phenols is 1. The van der Waals surface area contributed by atoms with Crippen LogP contribution in [0, 0.1) is 0 Å². The van der Waals surface area contributed by atoms with Crippen molar-refractivity contribution >= 4 is 34.4 Å². The number of H-pyrrole nitrogens is 1. The number of aromatic amines is 1. The van der Waals surface area contributed by atoms with E-state index in [-0.39, 0.29) is 47.8 Å². The fraction of sp³-hybridized carbons (Fsp3) is 0.300. The molecule has 5 aromatic rings. The fourth-order valence-electron chi connectivity index (χ4n) is 6.88. The van der Waals surface area contributed by atoms with Crippen LogP contribution in [0.15, 0.2) is 95.9 Å². The van der Waals surface area contributed by atoms with Gasteiger partial charge >= 0.3 is 6.09 Å². The Morgan fingerprint density at radius 3 is 2.46 bits per heavy atom. The smallest absolute Gasteiger partial charge is 0.412 e. The van der Waals surface area contributed by atoms with Crippen molar-refractivity contribution in [2.45, 2.75) is 69.7 Å². The molecule has 270 valence electrons. The lowest BCUT2D eigenvalue weighted by atomic mass is 9.89. The molecule has 3 aromatic carbocycles. The number of carbonyl (C=O) groups is 2. The molecule has 1 fully saturated rings. The molecule has 1 aliphatic rings. The number of carbonyl (C=O) groups excluding carboxylic acids is 1. The van der Waals surface area contributed by atoms with Gasteiger partial charge in [-0.2, -0.15) is 0 Å². The molecule has 8 N–H and O–H groups in total. The van der Waals surface area contributed by atoms with Gasteiger partial charge in [-0.05, 0) is 85.0 Å². The summed E-state index contributed by atoms with van der Waals surface area (Å²) < 4.78 is 0. The van der Waals surface area contributed by atoms with Crippen molar-refractivity contribution in [1.29, 1.82) is 0 Å². The van der Waals surface area contributed by atoms with Crippen molar-refractivity contribution in [3.05, 3.63) is 118 Å². The van der Waals surface area contributed by atoms with Crippen LogP contribution in [0.5, 0.6) is 5.75 Å². The zero-order valence-corrected chi connectivity index (χ0v) is 28.8. The zero-order chi connectivity index (χ0) is 36.6. The van der Waals surface area contributed by atoms with Crippen molar-refractivity contribution in [3.8, 4) is 16.9 Å². The van der Waals surface area contributed by atoms with Crippen molar-refractivity contribution < 1.29 is 24.9 Å². The highest BCUT2D eigenvalue weighted by Crippen LogP contribution is 2.36. The van der Waals surface area contributed by atoms with E-state index >= 15 is 0 Å². The molecular weight excluding hydrogens is 660 g/mol. The van der Waals surface area contributed by atoms with Crippen LogP contribution in [-0.2, 0) is 17.8 Å². The summed E-state index contributed by atoms with van der Waals surface area (Å²) in [4.78, 5) is 45.7. The lowest BCUT2D eigenvalue weighted by molar-refractivity contribution is -0.116. The molecule has 0 unspecified atom stereocenters. The number of aliphatic hydroxyl groups is 1. The molecule has 1 saturated carbocycles. The summed E-state index contributed by atoms with van der Waals surface area (Å²) in [6, 6.07) is 25.2. The van der Waals surface area contributed by atoms with Crippen LogP contribution >= 0.6 is 0 Å². The van der Waals surface area contributed by atoms with Crippen LogP contribution in [-0.4, -0.2) is 55.9 Å². The molecule has 12 nitrogen and oxygen atoms in total. The van der Waals surface area contributed by atoms with Gasteiger partial charge in [0.15, 0.2) is 0 Å². The predicted octanol–water partition coefficient (Wildman–Crippen LogP) is 5.83. The Morgan fingerprint density at radius 1 is 0.962 bits per heavy atom. The van der Waals surface area contributed by atoms with Crippen molar-refractivity contribution in [2.75, 3.05) is 16.8 Å². The third-order valence-corrected chi connectivity index (χ3v) is 9.61. The number of nitrogens with one attached hydrogen (secondary N) is 3. The van der Waals surface area contributed by atoms with Crippen molar-refractivity contribution in [2.24, 2.45) is 5.73 Å². The van der Waals surface area contributed by atoms with E-state index in [2.05, 4.69) is 20.6 Å². The molecule has 52 heavy (non-hydrogen) atoms. The number of benzene rings is 3. The van der Waals surface area contributed by atoms with E-state index in [1.807, 2.05) is 54.6 Å². The first kappa shape index (κ1) is 36.2. The Labute approximate surface area is 301 Å². The topological polar surface area (TPSA) is 194 Å². The van der Waals surface area contributed by atoms with Gasteiger partial charge in [0.05, 0.1) is 17.3 Å². The molecular formula is C40H44N6O6. The maximum absolute atomic E-state index is 12.8. The number of anilines is 2. The number of aromatic nitrogens is 2. The fourth-order valence-corrected chi connectivity index (χ4v) is 6.88. The van der Waals surface area contributed by atoms with Gasteiger partial charge in [0.1, 0.15) is 11.6 Å². The van der Waals surface area contributed by atoms with Crippen LogP contribution in [0.4, 0.5) is 16.3 Å². The van der Waals surface area contributed by atoms with Crippen molar-refractivity contribution in [1.82, 2.24) is 15.3 Å². The van der Waals surface area contributed by atoms with E-state index in [4.69, 9.17) is 5.73 Å². The molecule has 6 rings (SSSR count). The number of carboxylic acid groups (broad SMARTS) is 1. The Morgan fingerprint density at radius 2 is 1.73 bits per heavy atom. The van der Waals surface area contributed by atoms with E-state index < -0.39 is 12.2 Å². The highest BCUT2D eigenvalue weighted by molar-refractivity contribution is 5.94. The minimum atomic E-state index is -0.983. The summed E-state index contributed by atoms with van der Waals surface area (Å²) in [5.41, 5.74) is 10.9. The van der Waals surface area contributed by atoms with Gasteiger partial charge in [-0.25, -0.2) is 9.78 Å². The number of pyridine rings is 2. The number of aliphatic hydroxyl groups excluding tert-OH is 1. The average Bonchev–Trinajstić information content (AvgIpc) is 3.14. The van der Waals surface area contributed by atoms with Crippen molar-refractivity contribution in [3.63, 3.8) is 0 Å². The second-order valence-electron chi connectivity index (χ2n) is 13.3. The van der Waals surface area contributed by atoms with Crippen LogP contribution in [0.1, 0.15) is 61.3 Å². The number of hydrogen-bond acceptors (Lipinski definition) is 8. The van der Waals surface area contributed by atoms with E-state index in [1.54, 1.807) is 24.4 Å². The Hall–Kier alpha value is -5.56. The van der Waals surface area contributed by atoms with Crippen LogP contribution in [0.2, 0.25) is 0 Å². The van der Waals surface area contributed by atoms with Crippen LogP contribution < -0.4 is 26.8 Å². The van der Waals surface area contributed by atoms with Gasteiger partial charge in [0, 0.05) is 54.8 Å². The monoisotopic (exact) mass is 704 g/mol. The van der Waals surface area contributed by atoms with Gasteiger partial charge < -0.3 is 36.7 Å². The number of nitrogens with zero attached hydrogens (tertiary/aromatic N) is 2. The van der Waals surface area contributed by atoms with E-state index in [1.165, 1.54) is 17.0 Å². The summed E-state index contributed by atoms with van der Waals surface area (Å²) in [6.07, 6.45) is 4.21. The molecule has 2 amide bonds. The summed E-state index contributed by atoms with van der Waals surface area (Å²) >= 11 is 0. The second kappa shape index (κ2) is 16.6. The van der Waals surface area contributed by atoms with Gasteiger partial charge in [-0.3, -0.25) is 14.5 Å². The first-order valence-corrected chi connectivity index (χ1v) is 17.6. The molecule has 1 atom stereocenters. The molecule has 0 spiro atoms. The Kier molecular flexibility index (Phi) is 11.6. The first-order valence-electron chi connectivity index (χ1n) is 17.6. The minimum absolute atomic E-state index is 0.0667. The zero-order valence-electron chi connectivity index (χ0n) is 28.8. The number of fused-ring (bicyclic) bond motifs is 1. The molecule has 0 bridgehead atoms. The third kappa shape index (κ3) is 8.83. The van der Waals surface area contributed by atoms with E-state index in [0.29, 0.717) is 54.7 Å².